The normalized spacial score (nSPS) is 23.6. The molecule has 10 heteroatoms. The lowest BCUT2D eigenvalue weighted by molar-refractivity contribution is -0.131. The van der Waals surface area contributed by atoms with Gasteiger partial charge < -0.3 is 14.6 Å². The van der Waals surface area contributed by atoms with Crippen molar-refractivity contribution in [3.63, 3.8) is 0 Å². The van der Waals surface area contributed by atoms with Gasteiger partial charge in [0.2, 0.25) is 11.8 Å². The standard InChI is InChI=1S/C19H20F4N4O2/c1-2-13(16(28)27-8-7-18(10-27)9-19(18,22)23)24-17-26-25-15(29-17)12-5-3-11(4-6-12)14(20)21/h3-6,13-14H,2,7-10H2,1H3,(H,24,26). The molecule has 2 fully saturated rings. The second-order valence-corrected chi connectivity index (χ2v) is 7.61. The van der Waals surface area contributed by atoms with E-state index in [1.807, 2.05) is 0 Å². The second kappa shape index (κ2) is 7.00. The predicted molar refractivity (Wildman–Crippen MR) is 95.6 cm³/mol. The maximum Gasteiger partial charge on any atom is 0.316 e. The summed E-state index contributed by atoms with van der Waals surface area (Å²) in [6.07, 6.45) is -2.02. The number of hydrogen-bond acceptors (Lipinski definition) is 5. The number of carbonyl (C=O) groups excluding carboxylic acids is 1. The van der Waals surface area contributed by atoms with Crippen molar-refractivity contribution in [2.24, 2.45) is 5.41 Å². The van der Waals surface area contributed by atoms with Crippen LogP contribution in [0.3, 0.4) is 0 Å². The van der Waals surface area contributed by atoms with Crippen LogP contribution in [0.15, 0.2) is 28.7 Å². The van der Waals surface area contributed by atoms with Gasteiger partial charge in [-0.25, -0.2) is 17.6 Å². The fourth-order valence-electron chi connectivity index (χ4n) is 3.76. The van der Waals surface area contributed by atoms with Crippen LogP contribution in [0, 0.1) is 5.41 Å². The highest BCUT2D eigenvalue weighted by molar-refractivity contribution is 5.84. The maximum atomic E-state index is 13.6. The Bertz CT molecular complexity index is 902. The number of hydrogen-bond donors (Lipinski definition) is 1. The van der Waals surface area contributed by atoms with E-state index in [9.17, 15) is 22.4 Å². The van der Waals surface area contributed by atoms with Crippen molar-refractivity contribution in [3.05, 3.63) is 29.8 Å². The molecule has 4 rings (SSSR count). The fourth-order valence-corrected chi connectivity index (χ4v) is 3.76. The first kappa shape index (κ1) is 19.7. The van der Waals surface area contributed by atoms with E-state index < -0.39 is 23.8 Å². The van der Waals surface area contributed by atoms with E-state index in [0.29, 0.717) is 24.9 Å². The molecule has 2 aliphatic rings. The molecular weight excluding hydrogens is 392 g/mol. The Morgan fingerprint density at radius 1 is 1.28 bits per heavy atom. The molecule has 2 heterocycles. The van der Waals surface area contributed by atoms with E-state index in [-0.39, 0.29) is 36.3 Å². The van der Waals surface area contributed by atoms with Gasteiger partial charge in [0, 0.05) is 30.6 Å². The molecule has 1 aromatic carbocycles. The third kappa shape index (κ3) is 3.56. The molecule has 1 amide bonds. The lowest BCUT2D eigenvalue weighted by atomic mass is 10.1. The number of nitrogens with zero attached hydrogens (tertiary/aromatic N) is 3. The molecule has 156 valence electrons. The zero-order chi connectivity index (χ0) is 20.8. The Kier molecular flexibility index (Phi) is 4.74. The summed E-state index contributed by atoms with van der Waals surface area (Å²) in [7, 11) is 0. The van der Waals surface area contributed by atoms with E-state index >= 15 is 0 Å². The molecule has 1 spiro atoms. The zero-order valence-electron chi connectivity index (χ0n) is 15.7. The molecule has 29 heavy (non-hydrogen) atoms. The first-order chi connectivity index (χ1) is 13.7. The monoisotopic (exact) mass is 412 g/mol. The minimum absolute atomic E-state index is 0.00352. The molecule has 2 aromatic rings. The van der Waals surface area contributed by atoms with Gasteiger partial charge in [0.05, 0.1) is 5.41 Å². The van der Waals surface area contributed by atoms with Crippen LogP contribution in [0.5, 0.6) is 0 Å². The van der Waals surface area contributed by atoms with Crippen LogP contribution in [0.25, 0.3) is 11.5 Å². The summed E-state index contributed by atoms with van der Waals surface area (Å²) in [4.78, 5) is 14.2. The molecule has 6 nitrogen and oxygen atoms in total. The van der Waals surface area contributed by atoms with Gasteiger partial charge in [-0.2, -0.15) is 0 Å². The molecule has 1 saturated heterocycles. The van der Waals surface area contributed by atoms with E-state index in [1.54, 1.807) is 6.92 Å². The van der Waals surface area contributed by atoms with Gasteiger partial charge >= 0.3 is 6.01 Å². The number of benzene rings is 1. The Hall–Kier alpha value is -2.65. The highest BCUT2D eigenvalue weighted by atomic mass is 19.3. The highest BCUT2D eigenvalue weighted by Crippen LogP contribution is 2.65. The molecule has 1 aliphatic carbocycles. The Balaban J connectivity index is 1.41. The van der Waals surface area contributed by atoms with E-state index in [0.717, 1.165) is 0 Å². The van der Waals surface area contributed by atoms with Crippen LogP contribution in [0.4, 0.5) is 23.6 Å². The van der Waals surface area contributed by atoms with Gasteiger partial charge in [0.1, 0.15) is 6.04 Å². The smallest absolute Gasteiger partial charge is 0.316 e. The number of aromatic nitrogens is 2. The second-order valence-electron chi connectivity index (χ2n) is 7.61. The molecule has 1 aromatic heterocycles. The third-order valence-electron chi connectivity index (χ3n) is 5.72. The zero-order valence-corrected chi connectivity index (χ0v) is 15.7. The lowest BCUT2D eigenvalue weighted by Gasteiger charge is -2.22. The van der Waals surface area contributed by atoms with Gasteiger partial charge in [0.25, 0.3) is 12.3 Å². The van der Waals surface area contributed by atoms with Gasteiger partial charge in [-0.15, -0.1) is 5.10 Å². The Labute approximate surface area is 164 Å². The summed E-state index contributed by atoms with van der Waals surface area (Å²) in [6.45, 7) is 2.15. The van der Waals surface area contributed by atoms with E-state index in [2.05, 4.69) is 15.5 Å². The van der Waals surface area contributed by atoms with Crippen molar-refractivity contribution in [1.82, 2.24) is 15.1 Å². The first-order valence-corrected chi connectivity index (χ1v) is 9.40. The predicted octanol–water partition coefficient (Wildman–Crippen LogP) is 4.12. The van der Waals surface area contributed by atoms with E-state index in [4.69, 9.17) is 4.42 Å². The minimum Gasteiger partial charge on any atom is -0.403 e. The van der Waals surface area contributed by atoms with Crippen LogP contribution < -0.4 is 5.32 Å². The van der Waals surface area contributed by atoms with Crippen molar-refractivity contribution in [3.8, 4) is 11.5 Å². The number of rotatable bonds is 6. The number of carbonyl (C=O) groups is 1. The van der Waals surface area contributed by atoms with Gasteiger partial charge in [-0.3, -0.25) is 4.79 Å². The van der Waals surface area contributed by atoms with E-state index in [1.165, 1.54) is 29.2 Å². The highest BCUT2D eigenvalue weighted by Gasteiger charge is 2.73. The largest absolute Gasteiger partial charge is 0.403 e. The van der Waals surface area contributed by atoms with Gasteiger partial charge in [0.15, 0.2) is 0 Å². The van der Waals surface area contributed by atoms with Crippen molar-refractivity contribution >= 4 is 11.9 Å². The quantitative estimate of drug-likeness (QED) is 0.723. The molecule has 1 N–H and O–H groups in total. The average molecular weight is 412 g/mol. The summed E-state index contributed by atoms with van der Waals surface area (Å²) in [6, 6.07) is 4.75. The third-order valence-corrected chi connectivity index (χ3v) is 5.72. The van der Waals surface area contributed by atoms with Crippen LogP contribution in [-0.4, -0.2) is 46.1 Å². The number of likely N-dealkylation sites (tertiary alicyclic amines) is 1. The lowest BCUT2D eigenvalue weighted by Crippen LogP contribution is -2.42. The summed E-state index contributed by atoms with van der Waals surface area (Å²) in [5.74, 6) is -2.85. The number of nitrogens with one attached hydrogen (secondary N) is 1. The summed E-state index contributed by atoms with van der Waals surface area (Å²) >= 11 is 0. The molecule has 2 atom stereocenters. The summed E-state index contributed by atoms with van der Waals surface area (Å²) in [5.41, 5.74) is -0.706. The first-order valence-electron chi connectivity index (χ1n) is 9.40. The Morgan fingerprint density at radius 2 is 1.97 bits per heavy atom. The SMILES string of the molecule is CCC(Nc1nnc(-c2ccc(C(F)F)cc2)o1)C(=O)N1CCC2(C1)CC2(F)F. The minimum atomic E-state index is -2.68. The van der Waals surface area contributed by atoms with Crippen molar-refractivity contribution in [2.45, 2.75) is 44.6 Å². The molecular formula is C19H20F4N4O2. The summed E-state index contributed by atoms with van der Waals surface area (Å²) < 4.78 is 57.9. The van der Waals surface area contributed by atoms with Crippen LogP contribution in [-0.2, 0) is 4.79 Å². The van der Waals surface area contributed by atoms with Gasteiger partial charge in [-0.05, 0) is 25.0 Å². The fraction of sp³-hybridized carbons (Fsp3) is 0.526. The molecule has 1 saturated carbocycles. The van der Waals surface area contributed by atoms with Crippen molar-refractivity contribution in [1.29, 1.82) is 0 Å². The van der Waals surface area contributed by atoms with Crippen LogP contribution in [0.2, 0.25) is 0 Å². The van der Waals surface area contributed by atoms with Crippen LogP contribution in [0.1, 0.15) is 38.2 Å². The number of halogens is 4. The number of anilines is 1. The maximum absolute atomic E-state index is 13.6. The molecule has 0 radical (unpaired) electrons. The van der Waals surface area contributed by atoms with Crippen LogP contribution >= 0.6 is 0 Å². The van der Waals surface area contributed by atoms with Gasteiger partial charge in [-0.1, -0.05) is 24.2 Å². The molecule has 2 unspecified atom stereocenters. The topological polar surface area (TPSA) is 71.3 Å². The Morgan fingerprint density at radius 3 is 2.52 bits per heavy atom. The number of amides is 1. The molecule has 1 aliphatic heterocycles. The van der Waals surface area contributed by atoms with Crippen molar-refractivity contribution < 1.29 is 26.8 Å². The summed E-state index contributed by atoms with van der Waals surface area (Å²) in [5, 5.41) is 10.6. The van der Waals surface area contributed by atoms with Crippen molar-refractivity contribution in [2.75, 3.05) is 18.4 Å². The molecule has 0 bridgehead atoms. The average Bonchev–Trinajstić information content (AvgIpc) is 3.10. The number of alkyl halides is 4.